The van der Waals surface area contributed by atoms with Crippen molar-refractivity contribution in [2.24, 2.45) is 11.3 Å². The van der Waals surface area contributed by atoms with Gasteiger partial charge in [-0.2, -0.15) is 5.06 Å². The molecule has 3 aliphatic rings. The number of unbranched alkanes of at least 4 members (excludes halogenated alkanes) is 2. The molecule has 3 heteroatoms. The summed E-state index contributed by atoms with van der Waals surface area (Å²) in [6.45, 7) is 7.92. The number of nitrogens with zero attached hydrogens (tertiary/aromatic N) is 2. The molecule has 116 valence electrons. The van der Waals surface area contributed by atoms with Gasteiger partial charge in [0.25, 0.3) is 0 Å². The maximum atomic E-state index is 5.82. The van der Waals surface area contributed by atoms with Crippen LogP contribution in [0.15, 0.2) is 0 Å². The van der Waals surface area contributed by atoms with Crippen molar-refractivity contribution in [1.82, 2.24) is 9.96 Å². The predicted molar refractivity (Wildman–Crippen MR) is 82.5 cm³/mol. The summed E-state index contributed by atoms with van der Waals surface area (Å²) in [7, 11) is 2.35. The SMILES string of the molecule is CCCCCON1CC2(CC(N(C)C3CC(C)C3)C2)C1. The van der Waals surface area contributed by atoms with E-state index >= 15 is 0 Å². The van der Waals surface area contributed by atoms with Crippen molar-refractivity contribution in [2.75, 3.05) is 26.7 Å². The van der Waals surface area contributed by atoms with E-state index in [9.17, 15) is 0 Å². The molecule has 3 fully saturated rings. The molecule has 1 saturated heterocycles. The molecule has 0 atom stereocenters. The molecule has 1 spiro atoms. The molecule has 2 aliphatic carbocycles. The monoisotopic (exact) mass is 280 g/mol. The standard InChI is InChI=1S/C17H32N2O/c1-4-5-6-7-20-19-12-17(13-19)10-16(11-17)18(3)15-8-14(2)9-15/h14-16H,4-13H2,1-3H3. The Labute approximate surface area is 124 Å². The molecule has 0 bridgehead atoms. The molecule has 3 rings (SSSR count). The second-order valence-electron chi connectivity index (χ2n) is 7.80. The van der Waals surface area contributed by atoms with E-state index in [1.807, 2.05) is 0 Å². The minimum atomic E-state index is 0.624. The summed E-state index contributed by atoms with van der Waals surface area (Å²) in [5.41, 5.74) is 0.624. The molecular formula is C17H32N2O. The molecule has 0 amide bonds. The zero-order valence-electron chi connectivity index (χ0n) is 13.6. The molecule has 0 unspecified atom stereocenters. The Morgan fingerprint density at radius 2 is 1.85 bits per heavy atom. The summed E-state index contributed by atoms with van der Waals surface area (Å²) in [4.78, 5) is 8.50. The van der Waals surface area contributed by atoms with E-state index < -0.39 is 0 Å². The molecular weight excluding hydrogens is 248 g/mol. The summed E-state index contributed by atoms with van der Waals surface area (Å²) in [6, 6.07) is 1.74. The summed E-state index contributed by atoms with van der Waals surface area (Å²) < 4.78 is 0. The van der Waals surface area contributed by atoms with Crippen molar-refractivity contribution in [3.63, 3.8) is 0 Å². The molecule has 1 heterocycles. The highest BCUT2D eigenvalue weighted by Gasteiger charge is 2.54. The number of hydroxylamine groups is 2. The highest BCUT2D eigenvalue weighted by Crippen LogP contribution is 2.51. The van der Waals surface area contributed by atoms with Gasteiger partial charge in [0.2, 0.25) is 0 Å². The Morgan fingerprint density at radius 3 is 2.45 bits per heavy atom. The lowest BCUT2D eigenvalue weighted by Gasteiger charge is -2.61. The zero-order valence-corrected chi connectivity index (χ0v) is 13.6. The maximum absolute atomic E-state index is 5.82. The van der Waals surface area contributed by atoms with Gasteiger partial charge in [-0.1, -0.05) is 26.7 Å². The highest BCUT2D eigenvalue weighted by molar-refractivity contribution is 5.06. The first-order chi connectivity index (χ1) is 9.62. The minimum Gasteiger partial charge on any atom is -0.300 e. The van der Waals surface area contributed by atoms with Crippen molar-refractivity contribution in [3.05, 3.63) is 0 Å². The van der Waals surface area contributed by atoms with Gasteiger partial charge in [-0.25, -0.2) is 0 Å². The van der Waals surface area contributed by atoms with Crippen LogP contribution in [0.25, 0.3) is 0 Å². The molecule has 20 heavy (non-hydrogen) atoms. The first-order valence-corrected chi connectivity index (χ1v) is 8.72. The van der Waals surface area contributed by atoms with Crippen molar-refractivity contribution < 1.29 is 4.84 Å². The van der Waals surface area contributed by atoms with Crippen molar-refractivity contribution in [3.8, 4) is 0 Å². The fourth-order valence-corrected chi connectivity index (χ4v) is 4.32. The summed E-state index contributed by atoms with van der Waals surface area (Å²) in [6.07, 6.45) is 9.45. The topological polar surface area (TPSA) is 15.7 Å². The van der Waals surface area contributed by atoms with Gasteiger partial charge >= 0.3 is 0 Å². The fourth-order valence-electron chi connectivity index (χ4n) is 4.32. The van der Waals surface area contributed by atoms with Gasteiger partial charge in [0.05, 0.1) is 6.61 Å². The van der Waals surface area contributed by atoms with E-state index in [0.717, 1.165) is 24.6 Å². The van der Waals surface area contributed by atoms with Gasteiger partial charge in [0, 0.05) is 30.6 Å². The van der Waals surface area contributed by atoms with Gasteiger partial charge in [-0.3, -0.25) is 4.84 Å². The predicted octanol–water partition coefficient (Wildman–Crippen LogP) is 3.30. The van der Waals surface area contributed by atoms with E-state index in [4.69, 9.17) is 4.84 Å². The third kappa shape index (κ3) is 2.90. The van der Waals surface area contributed by atoms with E-state index in [1.54, 1.807) is 0 Å². The quantitative estimate of drug-likeness (QED) is 0.666. The summed E-state index contributed by atoms with van der Waals surface area (Å²) in [5.74, 6) is 0.965. The van der Waals surface area contributed by atoms with Crippen molar-refractivity contribution in [2.45, 2.75) is 70.9 Å². The molecule has 1 aliphatic heterocycles. The largest absolute Gasteiger partial charge is 0.300 e. The Bertz CT molecular complexity index is 313. The van der Waals surface area contributed by atoms with E-state index in [-0.39, 0.29) is 0 Å². The van der Waals surface area contributed by atoms with Gasteiger partial charge in [-0.05, 0) is 45.1 Å². The lowest BCUT2D eigenvalue weighted by Crippen LogP contribution is -2.67. The normalized spacial score (nSPS) is 33.0. The smallest absolute Gasteiger partial charge is 0.0685 e. The van der Waals surface area contributed by atoms with Crippen LogP contribution in [-0.4, -0.2) is 48.8 Å². The molecule has 3 nitrogen and oxygen atoms in total. The zero-order chi connectivity index (χ0) is 14.2. The molecule has 0 aromatic heterocycles. The molecule has 0 aromatic carbocycles. The third-order valence-corrected chi connectivity index (χ3v) is 5.88. The minimum absolute atomic E-state index is 0.624. The summed E-state index contributed by atoms with van der Waals surface area (Å²) in [5, 5.41) is 2.21. The Hall–Kier alpha value is -0.120. The lowest BCUT2D eigenvalue weighted by molar-refractivity contribution is -0.278. The molecule has 0 radical (unpaired) electrons. The maximum Gasteiger partial charge on any atom is 0.0685 e. The van der Waals surface area contributed by atoms with Crippen LogP contribution in [0.5, 0.6) is 0 Å². The highest BCUT2D eigenvalue weighted by atomic mass is 16.7. The van der Waals surface area contributed by atoms with Gasteiger partial charge < -0.3 is 4.90 Å². The van der Waals surface area contributed by atoms with Crippen LogP contribution in [-0.2, 0) is 4.84 Å². The summed E-state index contributed by atoms with van der Waals surface area (Å²) >= 11 is 0. The van der Waals surface area contributed by atoms with E-state index in [0.29, 0.717) is 5.41 Å². The average Bonchev–Trinajstić information content (AvgIpc) is 2.29. The molecule has 0 aromatic rings. The van der Waals surface area contributed by atoms with E-state index in [1.165, 1.54) is 58.0 Å². The van der Waals surface area contributed by atoms with E-state index in [2.05, 4.69) is 30.9 Å². The van der Waals surface area contributed by atoms with Gasteiger partial charge in [-0.15, -0.1) is 0 Å². The number of hydrogen-bond donors (Lipinski definition) is 0. The van der Waals surface area contributed by atoms with Crippen molar-refractivity contribution in [1.29, 1.82) is 0 Å². The Morgan fingerprint density at radius 1 is 1.15 bits per heavy atom. The number of hydrogen-bond acceptors (Lipinski definition) is 3. The van der Waals surface area contributed by atoms with Crippen LogP contribution in [0.4, 0.5) is 0 Å². The number of rotatable bonds is 7. The first kappa shape index (κ1) is 14.8. The van der Waals surface area contributed by atoms with Crippen LogP contribution in [0.3, 0.4) is 0 Å². The second-order valence-corrected chi connectivity index (χ2v) is 7.80. The fraction of sp³-hybridized carbons (Fsp3) is 1.00. The van der Waals surface area contributed by atoms with Gasteiger partial charge in [0.15, 0.2) is 0 Å². The molecule has 0 N–H and O–H groups in total. The average molecular weight is 280 g/mol. The Balaban J connectivity index is 1.29. The lowest BCUT2D eigenvalue weighted by atomic mass is 9.60. The van der Waals surface area contributed by atoms with Crippen LogP contribution in [0, 0.1) is 11.3 Å². The van der Waals surface area contributed by atoms with Crippen LogP contribution in [0.2, 0.25) is 0 Å². The van der Waals surface area contributed by atoms with Crippen LogP contribution in [0.1, 0.15) is 58.8 Å². The van der Waals surface area contributed by atoms with Crippen LogP contribution >= 0.6 is 0 Å². The third-order valence-electron chi connectivity index (χ3n) is 5.88. The Kier molecular flexibility index (Phi) is 4.40. The van der Waals surface area contributed by atoms with Crippen molar-refractivity contribution >= 4 is 0 Å². The first-order valence-electron chi connectivity index (χ1n) is 8.72. The van der Waals surface area contributed by atoms with Gasteiger partial charge in [0.1, 0.15) is 0 Å². The van der Waals surface area contributed by atoms with Crippen LogP contribution < -0.4 is 0 Å². The molecule has 2 saturated carbocycles. The second kappa shape index (κ2) is 5.94.